The van der Waals surface area contributed by atoms with Crippen LogP contribution in [-0.2, 0) is 6.54 Å². The maximum atomic E-state index is 13.2. The number of hydrogen-bond acceptors (Lipinski definition) is 1. The lowest BCUT2D eigenvalue weighted by Gasteiger charge is -2.10. The molecular formula is C12H17F2N. The molecule has 15 heavy (non-hydrogen) atoms. The Morgan fingerprint density at radius 1 is 1.33 bits per heavy atom. The van der Waals surface area contributed by atoms with E-state index in [9.17, 15) is 8.78 Å². The minimum absolute atomic E-state index is 0.383. The molecule has 0 fully saturated rings. The molecule has 1 N–H and O–H groups in total. The molecule has 0 aliphatic rings. The van der Waals surface area contributed by atoms with E-state index in [-0.39, 0.29) is 0 Å². The summed E-state index contributed by atoms with van der Waals surface area (Å²) in [6.45, 7) is 5.43. The summed E-state index contributed by atoms with van der Waals surface area (Å²) < 4.78 is 26.0. The zero-order valence-corrected chi connectivity index (χ0v) is 9.19. The van der Waals surface area contributed by atoms with Gasteiger partial charge in [-0.1, -0.05) is 32.4 Å². The van der Waals surface area contributed by atoms with Crippen molar-refractivity contribution in [2.45, 2.75) is 26.8 Å². The zero-order chi connectivity index (χ0) is 11.3. The quantitative estimate of drug-likeness (QED) is 0.792. The smallest absolute Gasteiger partial charge is 0.163 e. The predicted octanol–water partition coefficient (Wildman–Crippen LogP) is 3.10. The van der Waals surface area contributed by atoms with Crippen LogP contribution >= 0.6 is 0 Å². The maximum Gasteiger partial charge on any atom is 0.163 e. The Labute approximate surface area is 89.5 Å². The number of rotatable bonds is 5. The number of benzene rings is 1. The molecule has 1 aromatic carbocycles. The van der Waals surface area contributed by atoms with Crippen LogP contribution in [0.5, 0.6) is 0 Å². The summed E-state index contributed by atoms with van der Waals surface area (Å²) in [6, 6.07) is 4.26. The van der Waals surface area contributed by atoms with Crippen molar-refractivity contribution in [3.63, 3.8) is 0 Å². The molecular weight excluding hydrogens is 196 g/mol. The fourth-order valence-electron chi connectivity index (χ4n) is 1.28. The maximum absolute atomic E-state index is 13.2. The Hall–Kier alpha value is -0.960. The van der Waals surface area contributed by atoms with E-state index in [1.54, 1.807) is 6.07 Å². The van der Waals surface area contributed by atoms with Gasteiger partial charge in [0.05, 0.1) is 0 Å². The van der Waals surface area contributed by atoms with Crippen molar-refractivity contribution in [3.05, 3.63) is 35.4 Å². The third kappa shape index (κ3) is 3.59. The largest absolute Gasteiger partial charge is 0.312 e. The van der Waals surface area contributed by atoms with Crippen LogP contribution in [0.4, 0.5) is 8.78 Å². The molecule has 1 nitrogen and oxygen atoms in total. The van der Waals surface area contributed by atoms with Crippen molar-refractivity contribution in [2.24, 2.45) is 5.92 Å². The molecule has 0 radical (unpaired) electrons. The standard InChI is InChI=1S/C12H17F2N/c1-3-9(2)7-15-8-10-5-4-6-11(13)12(10)14/h4-6,9,15H,3,7-8H2,1-2H3. The van der Waals surface area contributed by atoms with Crippen molar-refractivity contribution in [1.29, 1.82) is 0 Å². The first kappa shape index (κ1) is 12.1. The monoisotopic (exact) mass is 213 g/mol. The van der Waals surface area contributed by atoms with Crippen molar-refractivity contribution in [1.82, 2.24) is 5.32 Å². The van der Waals surface area contributed by atoms with Crippen molar-refractivity contribution in [2.75, 3.05) is 6.54 Å². The van der Waals surface area contributed by atoms with E-state index in [1.807, 2.05) is 0 Å². The Bertz CT molecular complexity index is 312. The van der Waals surface area contributed by atoms with Crippen LogP contribution in [0.3, 0.4) is 0 Å². The van der Waals surface area contributed by atoms with Crippen LogP contribution < -0.4 is 5.32 Å². The molecule has 0 heterocycles. The molecule has 3 heteroatoms. The van der Waals surface area contributed by atoms with Gasteiger partial charge in [-0.3, -0.25) is 0 Å². The molecule has 0 amide bonds. The van der Waals surface area contributed by atoms with Crippen LogP contribution in [0, 0.1) is 17.6 Å². The van der Waals surface area contributed by atoms with Crippen LogP contribution in [0.1, 0.15) is 25.8 Å². The summed E-state index contributed by atoms with van der Waals surface area (Å²) in [5, 5.41) is 3.11. The molecule has 1 rings (SSSR count). The molecule has 1 aromatic rings. The Morgan fingerprint density at radius 3 is 2.73 bits per heavy atom. The van der Waals surface area contributed by atoms with Gasteiger partial charge >= 0.3 is 0 Å². The van der Waals surface area contributed by atoms with Crippen LogP contribution in [-0.4, -0.2) is 6.54 Å². The Morgan fingerprint density at radius 2 is 2.07 bits per heavy atom. The normalized spacial score (nSPS) is 12.8. The average molecular weight is 213 g/mol. The van der Waals surface area contributed by atoms with E-state index in [0.717, 1.165) is 19.0 Å². The van der Waals surface area contributed by atoms with E-state index < -0.39 is 11.6 Å². The first-order chi connectivity index (χ1) is 7.15. The SMILES string of the molecule is CCC(C)CNCc1cccc(F)c1F. The van der Waals surface area contributed by atoms with Crippen molar-refractivity contribution < 1.29 is 8.78 Å². The average Bonchev–Trinajstić information content (AvgIpc) is 2.24. The fourth-order valence-corrected chi connectivity index (χ4v) is 1.28. The fraction of sp³-hybridized carbons (Fsp3) is 0.500. The molecule has 0 saturated carbocycles. The first-order valence-electron chi connectivity index (χ1n) is 5.28. The highest BCUT2D eigenvalue weighted by Crippen LogP contribution is 2.11. The van der Waals surface area contributed by atoms with Gasteiger partial charge < -0.3 is 5.32 Å². The third-order valence-electron chi connectivity index (χ3n) is 2.54. The van der Waals surface area contributed by atoms with E-state index >= 15 is 0 Å². The van der Waals surface area contributed by atoms with Gasteiger partial charge in [-0.05, 0) is 18.5 Å². The van der Waals surface area contributed by atoms with Crippen molar-refractivity contribution in [3.8, 4) is 0 Å². The van der Waals surface area contributed by atoms with Gasteiger partial charge in [-0.2, -0.15) is 0 Å². The summed E-state index contributed by atoms with van der Waals surface area (Å²) in [5.74, 6) is -0.964. The molecule has 1 unspecified atom stereocenters. The van der Waals surface area contributed by atoms with Crippen molar-refractivity contribution >= 4 is 0 Å². The molecule has 0 aromatic heterocycles. The van der Waals surface area contributed by atoms with Gasteiger partial charge in [0.2, 0.25) is 0 Å². The summed E-state index contributed by atoms with van der Waals surface area (Å²) in [4.78, 5) is 0. The molecule has 0 aliphatic heterocycles. The molecule has 1 atom stereocenters. The second-order valence-corrected chi connectivity index (χ2v) is 3.86. The highest BCUT2D eigenvalue weighted by atomic mass is 19.2. The Kier molecular flexibility index (Phi) is 4.69. The molecule has 0 aliphatic carbocycles. The van der Waals surface area contributed by atoms with Crippen LogP contribution in [0.2, 0.25) is 0 Å². The predicted molar refractivity (Wildman–Crippen MR) is 57.5 cm³/mol. The third-order valence-corrected chi connectivity index (χ3v) is 2.54. The minimum atomic E-state index is -0.780. The van der Waals surface area contributed by atoms with E-state index in [2.05, 4.69) is 19.2 Å². The van der Waals surface area contributed by atoms with E-state index in [4.69, 9.17) is 0 Å². The second kappa shape index (κ2) is 5.81. The highest BCUT2D eigenvalue weighted by molar-refractivity contribution is 5.18. The summed E-state index contributed by atoms with van der Waals surface area (Å²) in [7, 11) is 0. The Balaban J connectivity index is 2.47. The highest BCUT2D eigenvalue weighted by Gasteiger charge is 2.07. The number of hydrogen-bond donors (Lipinski definition) is 1. The van der Waals surface area contributed by atoms with Gasteiger partial charge in [0.15, 0.2) is 11.6 Å². The lowest BCUT2D eigenvalue weighted by molar-refractivity contribution is 0.473. The molecule has 0 bridgehead atoms. The number of nitrogens with one attached hydrogen (secondary N) is 1. The zero-order valence-electron chi connectivity index (χ0n) is 9.19. The molecule has 84 valence electrons. The lowest BCUT2D eigenvalue weighted by Crippen LogP contribution is -2.21. The van der Waals surface area contributed by atoms with Crippen LogP contribution in [0.25, 0.3) is 0 Å². The summed E-state index contributed by atoms with van der Waals surface area (Å²) >= 11 is 0. The molecule has 0 saturated heterocycles. The second-order valence-electron chi connectivity index (χ2n) is 3.86. The van der Waals surface area contributed by atoms with Gasteiger partial charge in [-0.25, -0.2) is 8.78 Å². The summed E-state index contributed by atoms with van der Waals surface area (Å²) in [6.07, 6.45) is 1.08. The van der Waals surface area contributed by atoms with Crippen LogP contribution in [0.15, 0.2) is 18.2 Å². The van der Waals surface area contributed by atoms with Gasteiger partial charge in [0, 0.05) is 12.1 Å². The summed E-state index contributed by atoms with van der Waals surface area (Å²) in [5.41, 5.74) is 0.387. The van der Waals surface area contributed by atoms with Gasteiger partial charge in [0.1, 0.15) is 0 Å². The van der Waals surface area contributed by atoms with E-state index in [1.165, 1.54) is 6.07 Å². The van der Waals surface area contributed by atoms with Gasteiger partial charge in [-0.15, -0.1) is 0 Å². The topological polar surface area (TPSA) is 12.0 Å². The first-order valence-corrected chi connectivity index (χ1v) is 5.28. The molecule has 0 spiro atoms. The van der Waals surface area contributed by atoms with Gasteiger partial charge in [0.25, 0.3) is 0 Å². The van der Waals surface area contributed by atoms with E-state index in [0.29, 0.717) is 18.0 Å². The number of halogens is 2. The lowest BCUT2D eigenvalue weighted by atomic mass is 10.1. The minimum Gasteiger partial charge on any atom is -0.312 e.